The van der Waals surface area contributed by atoms with Crippen LogP contribution in [0.15, 0.2) is 23.2 Å². The Hall–Kier alpha value is -1.95. The van der Waals surface area contributed by atoms with Crippen LogP contribution in [0.4, 0.5) is 0 Å². The molecule has 0 heterocycles. The number of benzene rings is 1. The molecule has 1 rings (SSSR count). The summed E-state index contributed by atoms with van der Waals surface area (Å²) in [6, 6.07) is 6.13. The summed E-state index contributed by atoms with van der Waals surface area (Å²) in [5.41, 5.74) is 1.24. The standard InChI is InChI=1S/C20H36N4O2/c1-6-21-20(23-14-15-24(4)7-2)22-13-9-10-17-11-12-18(25-5)19(16-17)26-8-3/h11-12,16H,6-10,13-15H2,1-5H3,(H2,21,22,23). The first-order valence-corrected chi connectivity index (χ1v) is 9.64. The number of aryl methyl sites for hydroxylation is 1. The number of guanidine groups is 1. The summed E-state index contributed by atoms with van der Waals surface area (Å²) < 4.78 is 11.0. The predicted octanol–water partition coefficient (Wildman–Crippen LogP) is 2.53. The van der Waals surface area contributed by atoms with Crippen molar-refractivity contribution >= 4 is 5.96 Å². The van der Waals surface area contributed by atoms with Crippen LogP contribution in [-0.2, 0) is 6.42 Å². The van der Waals surface area contributed by atoms with E-state index in [0.29, 0.717) is 6.61 Å². The number of likely N-dealkylation sites (N-methyl/N-ethyl adjacent to an activating group) is 1. The van der Waals surface area contributed by atoms with E-state index >= 15 is 0 Å². The predicted molar refractivity (Wildman–Crippen MR) is 110 cm³/mol. The van der Waals surface area contributed by atoms with Crippen LogP contribution in [0.3, 0.4) is 0 Å². The molecule has 148 valence electrons. The third kappa shape index (κ3) is 8.43. The van der Waals surface area contributed by atoms with Gasteiger partial charge in [0.15, 0.2) is 17.5 Å². The lowest BCUT2D eigenvalue weighted by Gasteiger charge is -2.16. The van der Waals surface area contributed by atoms with E-state index < -0.39 is 0 Å². The second-order valence-corrected chi connectivity index (χ2v) is 6.11. The molecule has 0 saturated heterocycles. The molecule has 0 radical (unpaired) electrons. The number of nitrogens with one attached hydrogen (secondary N) is 2. The molecule has 0 bridgehead atoms. The smallest absolute Gasteiger partial charge is 0.191 e. The van der Waals surface area contributed by atoms with Gasteiger partial charge in [-0.2, -0.15) is 0 Å². The van der Waals surface area contributed by atoms with Gasteiger partial charge in [0, 0.05) is 26.2 Å². The topological polar surface area (TPSA) is 58.1 Å². The average molecular weight is 365 g/mol. The molecule has 1 aromatic carbocycles. The van der Waals surface area contributed by atoms with Crippen molar-refractivity contribution in [3.63, 3.8) is 0 Å². The molecular formula is C20H36N4O2. The van der Waals surface area contributed by atoms with E-state index in [4.69, 9.17) is 9.47 Å². The minimum Gasteiger partial charge on any atom is -0.493 e. The third-order valence-corrected chi connectivity index (χ3v) is 4.09. The fraction of sp³-hybridized carbons (Fsp3) is 0.650. The number of ether oxygens (including phenoxy) is 2. The van der Waals surface area contributed by atoms with Crippen LogP contribution in [0.25, 0.3) is 0 Å². The molecule has 0 unspecified atom stereocenters. The Kier molecular flexibility index (Phi) is 11.3. The molecule has 6 nitrogen and oxygen atoms in total. The quantitative estimate of drug-likeness (QED) is 0.339. The first-order valence-electron chi connectivity index (χ1n) is 9.64. The summed E-state index contributed by atoms with van der Waals surface area (Å²) >= 11 is 0. The Balaban J connectivity index is 2.48. The lowest BCUT2D eigenvalue weighted by molar-refractivity contribution is 0.310. The van der Waals surface area contributed by atoms with E-state index in [0.717, 1.165) is 63.0 Å². The molecule has 0 fully saturated rings. The summed E-state index contributed by atoms with van der Waals surface area (Å²) in [5.74, 6) is 2.48. The van der Waals surface area contributed by atoms with Gasteiger partial charge in [0.25, 0.3) is 0 Å². The van der Waals surface area contributed by atoms with E-state index in [1.165, 1.54) is 5.56 Å². The summed E-state index contributed by atoms with van der Waals surface area (Å²) in [7, 11) is 3.79. The maximum Gasteiger partial charge on any atom is 0.191 e. The highest BCUT2D eigenvalue weighted by Crippen LogP contribution is 2.28. The molecule has 26 heavy (non-hydrogen) atoms. The first-order chi connectivity index (χ1) is 12.6. The van der Waals surface area contributed by atoms with Crippen molar-refractivity contribution < 1.29 is 9.47 Å². The number of methoxy groups -OCH3 is 1. The zero-order valence-corrected chi connectivity index (χ0v) is 17.1. The van der Waals surface area contributed by atoms with E-state index in [2.05, 4.69) is 53.6 Å². The van der Waals surface area contributed by atoms with Crippen molar-refractivity contribution in [2.75, 3.05) is 53.5 Å². The Morgan fingerprint density at radius 2 is 1.96 bits per heavy atom. The van der Waals surface area contributed by atoms with Gasteiger partial charge >= 0.3 is 0 Å². The van der Waals surface area contributed by atoms with Crippen LogP contribution >= 0.6 is 0 Å². The van der Waals surface area contributed by atoms with Crippen molar-refractivity contribution in [3.8, 4) is 11.5 Å². The van der Waals surface area contributed by atoms with Crippen LogP contribution in [0.5, 0.6) is 11.5 Å². The third-order valence-electron chi connectivity index (χ3n) is 4.09. The highest BCUT2D eigenvalue weighted by molar-refractivity contribution is 5.79. The number of nitrogens with zero attached hydrogens (tertiary/aromatic N) is 2. The van der Waals surface area contributed by atoms with E-state index in [1.807, 2.05) is 13.0 Å². The summed E-state index contributed by atoms with van der Waals surface area (Å²) in [6.45, 7) is 11.5. The van der Waals surface area contributed by atoms with Crippen molar-refractivity contribution in [2.24, 2.45) is 4.99 Å². The summed E-state index contributed by atoms with van der Waals surface area (Å²) in [5, 5.41) is 6.68. The average Bonchev–Trinajstić information content (AvgIpc) is 2.65. The molecule has 0 aromatic heterocycles. The molecule has 1 aromatic rings. The monoisotopic (exact) mass is 364 g/mol. The number of hydrogen-bond donors (Lipinski definition) is 2. The molecular weight excluding hydrogens is 328 g/mol. The number of hydrogen-bond acceptors (Lipinski definition) is 4. The lowest BCUT2D eigenvalue weighted by Crippen LogP contribution is -2.41. The molecule has 0 saturated carbocycles. The van der Waals surface area contributed by atoms with Crippen LogP contribution in [-0.4, -0.2) is 64.3 Å². The van der Waals surface area contributed by atoms with Gasteiger partial charge in [-0.15, -0.1) is 0 Å². The van der Waals surface area contributed by atoms with Crippen LogP contribution in [0.2, 0.25) is 0 Å². The van der Waals surface area contributed by atoms with Crippen LogP contribution in [0.1, 0.15) is 32.8 Å². The number of rotatable bonds is 12. The maximum absolute atomic E-state index is 5.64. The highest BCUT2D eigenvalue weighted by Gasteiger charge is 2.05. The molecule has 0 amide bonds. The van der Waals surface area contributed by atoms with Gasteiger partial charge in [-0.25, -0.2) is 0 Å². The fourth-order valence-electron chi connectivity index (χ4n) is 2.48. The lowest BCUT2D eigenvalue weighted by atomic mass is 10.1. The fourth-order valence-corrected chi connectivity index (χ4v) is 2.48. The summed E-state index contributed by atoms with van der Waals surface area (Å²) in [4.78, 5) is 6.94. The Morgan fingerprint density at radius 3 is 2.62 bits per heavy atom. The van der Waals surface area contributed by atoms with Crippen molar-refractivity contribution in [3.05, 3.63) is 23.8 Å². The van der Waals surface area contributed by atoms with Crippen molar-refractivity contribution in [1.29, 1.82) is 0 Å². The second kappa shape index (κ2) is 13.3. The second-order valence-electron chi connectivity index (χ2n) is 6.11. The normalized spacial score (nSPS) is 11.5. The largest absolute Gasteiger partial charge is 0.493 e. The van der Waals surface area contributed by atoms with E-state index in [1.54, 1.807) is 7.11 Å². The number of aliphatic imine (C=N–C) groups is 1. The van der Waals surface area contributed by atoms with Gasteiger partial charge in [0.2, 0.25) is 0 Å². The van der Waals surface area contributed by atoms with Crippen LogP contribution < -0.4 is 20.1 Å². The Morgan fingerprint density at radius 1 is 1.15 bits per heavy atom. The van der Waals surface area contributed by atoms with Gasteiger partial charge in [-0.05, 0) is 58.0 Å². The Bertz CT molecular complexity index is 535. The van der Waals surface area contributed by atoms with Crippen molar-refractivity contribution in [1.82, 2.24) is 15.5 Å². The Labute approximate surface area is 159 Å². The minimum absolute atomic E-state index is 0.634. The first kappa shape index (κ1) is 22.1. The van der Waals surface area contributed by atoms with Gasteiger partial charge in [0.05, 0.1) is 13.7 Å². The highest BCUT2D eigenvalue weighted by atomic mass is 16.5. The van der Waals surface area contributed by atoms with E-state index in [9.17, 15) is 0 Å². The minimum atomic E-state index is 0.634. The molecule has 2 N–H and O–H groups in total. The van der Waals surface area contributed by atoms with Crippen LogP contribution in [0, 0.1) is 0 Å². The molecule has 0 aliphatic carbocycles. The molecule has 0 aliphatic rings. The molecule has 0 aliphatic heterocycles. The van der Waals surface area contributed by atoms with E-state index in [-0.39, 0.29) is 0 Å². The zero-order chi connectivity index (χ0) is 19.2. The van der Waals surface area contributed by atoms with Crippen molar-refractivity contribution in [2.45, 2.75) is 33.6 Å². The molecule has 0 spiro atoms. The SMILES string of the molecule is CCNC(=NCCCc1ccc(OC)c(OCC)c1)NCCN(C)CC. The van der Waals surface area contributed by atoms with Gasteiger partial charge < -0.3 is 25.0 Å². The van der Waals surface area contributed by atoms with Gasteiger partial charge in [0.1, 0.15) is 0 Å². The summed E-state index contributed by atoms with van der Waals surface area (Å²) in [6.07, 6.45) is 1.95. The van der Waals surface area contributed by atoms with Gasteiger partial charge in [-0.1, -0.05) is 13.0 Å². The molecule has 0 atom stereocenters. The zero-order valence-electron chi connectivity index (χ0n) is 17.1. The van der Waals surface area contributed by atoms with Gasteiger partial charge in [-0.3, -0.25) is 4.99 Å². The molecule has 6 heteroatoms. The maximum atomic E-state index is 5.64.